The molecule has 3 rings (SSSR count). The van der Waals surface area contributed by atoms with Gasteiger partial charge in [0.15, 0.2) is 0 Å². The number of carbonyl (C=O) groups excluding carboxylic acids is 3. The molecule has 1 heterocycles. The SMILES string of the molecule is CCCc1ccc(C2(C)NC(=O)N(CC(=O)Nc3c(C(C)C)cccc3C(C)C)C2=O)cc1. The summed E-state index contributed by atoms with van der Waals surface area (Å²) in [5, 5.41) is 5.77. The lowest BCUT2D eigenvalue weighted by atomic mass is 9.91. The van der Waals surface area contributed by atoms with Crippen molar-refractivity contribution < 1.29 is 14.4 Å². The van der Waals surface area contributed by atoms with E-state index in [4.69, 9.17) is 0 Å². The number of urea groups is 1. The van der Waals surface area contributed by atoms with E-state index in [0.717, 1.165) is 34.6 Å². The third kappa shape index (κ3) is 4.95. The molecule has 0 aromatic heterocycles. The van der Waals surface area contributed by atoms with E-state index < -0.39 is 23.4 Å². The van der Waals surface area contributed by atoms with Crippen molar-refractivity contribution in [1.29, 1.82) is 0 Å². The van der Waals surface area contributed by atoms with Crippen molar-refractivity contribution in [2.24, 2.45) is 0 Å². The second-order valence-electron chi connectivity index (χ2n) is 9.56. The predicted molar refractivity (Wildman–Crippen MR) is 131 cm³/mol. The van der Waals surface area contributed by atoms with Crippen LogP contribution in [-0.4, -0.2) is 29.3 Å². The number of imide groups is 1. The van der Waals surface area contributed by atoms with E-state index in [-0.39, 0.29) is 18.4 Å². The van der Waals surface area contributed by atoms with Gasteiger partial charge in [-0.3, -0.25) is 14.5 Å². The van der Waals surface area contributed by atoms with Gasteiger partial charge in [-0.1, -0.05) is 83.5 Å². The fourth-order valence-corrected chi connectivity index (χ4v) is 4.35. The Morgan fingerprint density at radius 1 is 1.00 bits per heavy atom. The Morgan fingerprint density at radius 3 is 2.09 bits per heavy atom. The zero-order valence-corrected chi connectivity index (χ0v) is 20.5. The van der Waals surface area contributed by atoms with Crippen molar-refractivity contribution in [3.8, 4) is 0 Å². The lowest BCUT2D eigenvalue weighted by Crippen LogP contribution is -2.42. The van der Waals surface area contributed by atoms with Crippen LogP contribution in [0.4, 0.5) is 10.5 Å². The molecule has 0 bridgehead atoms. The summed E-state index contributed by atoms with van der Waals surface area (Å²) < 4.78 is 0. The first-order valence-corrected chi connectivity index (χ1v) is 11.7. The first kappa shape index (κ1) is 24.5. The molecule has 1 fully saturated rings. The van der Waals surface area contributed by atoms with Crippen LogP contribution in [0, 0.1) is 0 Å². The smallest absolute Gasteiger partial charge is 0.324 e. The van der Waals surface area contributed by atoms with Gasteiger partial charge in [0.25, 0.3) is 5.91 Å². The summed E-state index contributed by atoms with van der Waals surface area (Å²) >= 11 is 0. The summed E-state index contributed by atoms with van der Waals surface area (Å²) in [5.74, 6) is -0.382. The highest BCUT2D eigenvalue weighted by molar-refractivity contribution is 6.10. The largest absolute Gasteiger partial charge is 0.325 e. The highest BCUT2D eigenvalue weighted by Crippen LogP contribution is 2.33. The van der Waals surface area contributed by atoms with E-state index in [1.165, 1.54) is 5.56 Å². The zero-order chi connectivity index (χ0) is 24.3. The van der Waals surface area contributed by atoms with Crippen LogP contribution in [0.5, 0.6) is 0 Å². The van der Waals surface area contributed by atoms with Gasteiger partial charge in [0, 0.05) is 5.69 Å². The second-order valence-corrected chi connectivity index (χ2v) is 9.56. The molecule has 2 aromatic carbocycles. The van der Waals surface area contributed by atoms with Crippen molar-refractivity contribution in [3.63, 3.8) is 0 Å². The number of anilines is 1. The van der Waals surface area contributed by atoms with Crippen molar-refractivity contribution in [3.05, 3.63) is 64.7 Å². The highest BCUT2D eigenvalue weighted by atomic mass is 16.2. The number of rotatable bonds is 8. The Morgan fingerprint density at radius 2 is 1.58 bits per heavy atom. The van der Waals surface area contributed by atoms with Gasteiger partial charge in [0.2, 0.25) is 5.91 Å². The second kappa shape index (κ2) is 9.77. The van der Waals surface area contributed by atoms with Crippen LogP contribution in [0.15, 0.2) is 42.5 Å². The summed E-state index contributed by atoms with van der Waals surface area (Å²) in [6.45, 7) is 11.8. The third-order valence-corrected chi connectivity index (χ3v) is 6.28. The summed E-state index contributed by atoms with van der Waals surface area (Å²) in [5.41, 5.74) is 3.53. The molecule has 1 unspecified atom stereocenters. The molecule has 1 atom stereocenters. The molecule has 1 aliphatic heterocycles. The maximum absolute atomic E-state index is 13.2. The predicted octanol–water partition coefficient (Wildman–Crippen LogP) is 5.29. The maximum Gasteiger partial charge on any atom is 0.325 e. The molecule has 4 amide bonds. The molecule has 176 valence electrons. The molecule has 0 saturated carbocycles. The summed E-state index contributed by atoms with van der Waals surface area (Å²) in [6.07, 6.45) is 1.99. The summed E-state index contributed by atoms with van der Waals surface area (Å²) in [6, 6.07) is 13.1. The first-order chi connectivity index (χ1) is 15.6. The Hall–Kier alpha value is -3.15. The van der Waals surface area contributed by atoms with Gasteiger partial charge in [0.1, 0.15) is 12.1 Å². The Kier molecular flexibility index (Phi) is 7.25. The summed E-state index contributed by atoms with van der Waals surface area (Å²) in [7, 11) is 0. The standard InChI is InChI=1S/C27H35N3O3/c1-7-9-19-12-14-20(15-13-19)27(6)25(32)30(26(33)29-27)16-23(31)28-24-21(17(2)3)10-8-11-22(24)18(4)5/h8,10-15,17-18H,7,9,16H2,1-6H3,(H,28,31)(H,29,33). The van der Waals surface area contributed by atoms with Crippen molar-refractivity contribution in [2.45, 2.75) is 71.8 Å². The number of hydrogen-bond acceptors (Lipinski definition) is 3. The third-order valence-electron chi connectivity index (χ3n) is 6.28. The molecule has 1 saturated heterocycles. The molecule has 2 aromatic rings. The average molecular weight is 450 g/mol. The molecule has 2 N–H and O–H groups in total. The van der Waals surface area contributed by atoms with E-state index in [1.807, 2.05) is 42.5 Å². The minimum absolute atomic E-state index is 0.217. The van der Waals surface area contributed by atoms with Crippen LogP contribution in [0.1, 0.15) is 82.1 Å². The number of benzene rings is 2. The number of hydrogen-bond donors (Lipinski definition) is 2. The lowest BCUT2D eigenvalue weighted by Gasteiger charge is -2.23. The van der Waals surface area contributed by atoms with Gasteiger partial charge in [-0.15, -0.1) is 0 Å². The van der Waals surface area contributed by atoms with Gasteiger partial charge >= 0.3 is 6.03 Å². The monoisotopic (exact) mass is 449 g/mol. The van der Waals surface area contributed by atoms with Crippen LogP contribution in [-0.2, 0) is 21.5 Å². The maximum atomic E-state index is 13.2. The topological polar surface area (TPSA) is 78.5 Å². The minimum atomic E-state index is -1.19. The van der Waals surface area contributed by atoms with Crippen LogP contribution in [0.2, 0.25) is 0 Å². The first-order valence-electron chi connectivity index (χ1n) is 11.7. The Balaban J connectivity index is 1.80. The van der Waals surface area contributed by atoms with Crippen LogP contribution >= 0.6 is 0 Å². The number of aryl methyl sites for hydroxylation is 1. The van der Waals surface area contributed by atoms with E-state index >= 15 is 0 Å². The molecule has 0 radical (unpaired) electrons. The molecule has 1 aliphatic rings. The number of nitrogens with zero attached hydrogens (tertiary/aromatic N) is 1. The van der Waals surface area contributed by atoms with Crippen LogP contribution < -0.4 is 10.6 Å². The average Bonchev–Trinajstić information content (AvgIpc) is 2.98. The van der Waals surface area contributed by atoms with Gasteiger partial charge < -0.3 is 10.6 Å². The lowest BCUT2D eigenvalue weighted by molar-refractivity contribution is -0.133. The normalized spacial score (nSPS) is 18.2. The minimum Gasteiger partial charge on any atom is -0.324 e. The van der Waals surface area contributed by atoms with Crippen LogP contribution in [0.25, 0.3) is 0 Å². The van der Waals surface area contributed by atoms with E-state index in [1.54, 1.807) is 6.92 Å². The molecule has 6 nitrogen and oxygen atoms in total. The van der Waals surface area contributed by atoms with Crippen molar-refractivity contribution in [2.75, 3.05) is 11.9 Å². The van der Waals surface area contributed by atoms with E-state index in [0.29, 0.717) is 5.56 Å². The molecule has 0 aliphatic carbocycles. The number of amides is 4. The Bertz CT molecular complexity index is 1020. The van der Waals surface area contributed by atoms with E-state index in [2.05, 4.69) is 45.3 Å². The number of carbonyl (C=O) groups is 3. The zero-order valence-electron chi connectivity index (χ0n) is 20.5. The molecular formula is C27H35N3O3. The van der Waals surface area contributed by atoms with Crippen LogP contribution in [0.3, 0.4) is 0 Å². The Labute approximate surface area is 196 Å². The molecular weight excluding hydrogens is 414 g/mol. The van der Waals surface area contributed by atoms with Crippen molar-refractivity contribution in [1.82, 2.24) is 10.2 Å². The highest BCUT2D eigenvalue weighted by Gasteiger charge is 2.49. The molecule has 6 heteroatoms. The summed E-state index contributed by atoms with van der Waals surface area (Å²) in [4.78, 5) is 39.9. The molecule has 33 heavy (non-hydrogen) atoms. The fourth-order valence-electron chi connectivity index (χ4n) is 4.35. The number of nitrogens with one attached hydrogen (secondary N) is 2. The van der Waals surface area contributed by atoms with Gasteiger partial charge in [-0.25, -0.2) is 4.79 Å². The van der Waals surface area contributed by atoms with Gasteiger partial charge in [-0.05, 0) is 47.4 Å². The quantitative estimate of drug-likeness (QED) is 0.538. The van der Waals surface area contributed by atoms with Gasteiger partial charge in [0.05, 0.1) is 0 Å². The van der Waals surface area contributed by atoms with E-state index in [9.17, 15) is 14.4 Å². The number of para-hydroxylation sites is 1. The molecule has 0 spiro atoms. The van der Waals surface area contributed by atoms with Gasteiger partial charge in [-0.2, -0.15) is 0 Å². The van der Waals surface area contributed by atoms with Crippen molar-refractivity contribution >= 4 is 23.5 Å². The fraction of sp³-hybridized carbons (Fsp3) is 0.444.